The van der Waals surface area contributed by atoms with Gasteiger partial charge < -0.3 is 14.8 Å². The zero-order valence-electron chi connectivity index (χ0n) is 13.1. The molecule has 0 aliphatic carbocycles. The molecule has 0 aliphatic heterocycles. The molecule has 1 aromatic carbocycles. The fourth-order valence-corrected chi connectivity index (χ4v) is 2.26. The molecule has 3 rings (SSSR count). The summed E-state index contributed by atoms with van der Waals surface area (Å²) in [5.74, 6) is 0.0564. The first-order valence-electron chi connectivity index (χ1n) is 7.27. The zero-order chi connectivity index (χ0) is 17.8. The number of fused-ring (bicyclic) bond motifs is 1. The third-order valence-electron chi connectivity index (χ3n) is 3.48. The molecule has 130 valence electrons. The lowest BCUT2D eigenvalue weighted by molar-refractivity contribution is -0.0505. The highest BCUT2D eigenvalue weighted by molar-refractivity contribution is 5.94. The summed E-state index contributed by atoms with van der Waals surface area (Å²) in [6.45, 7) is -2.97. The van der Waals surface area contributed by atoms with Gasteiger partial charge in [-0.3, -0.25) is 4.79 Å². The molecule has 3 aromatic rings. The summed E-state index contributed by atoms with van der Waals surface area (Å²) < 4.78 is 36.0. The maximum absolute atomic E-state index is 12.5. The van der Waals surface area contributed by atoms with Crippen molar-refractivity contribution >= 4 is 11.4 Å². The van der Waals surface area contributed by atoms with E-state index in [9.17, 15) is 13.6 Å². The molecule has 2 heterocycles. The van der Waals surface area contributed by atoms with E-state index in [4.69, 9.17) is 4.74 Å². The second kappa shape index (κ2) is 7.12. The summed E-state index contributed by atoms with van der Waals surface area (Å²) >= 11 is 0. The van der Waals surface area contributed by atoms with Crippen LogP contribution in [0.4, 0.5) is 8.78 Å². The molecule has 0 spiro atoms. The molecule has 7 nitrogen and oxygen atoms in total. The van der Waals surface area contributed by atoms with Crippen LogP contribution in [0.2, 0.25) is 0 Å². The van der Waals surface area contributed by atoms with Crippen molar-refractivity contribution < 1.29 is 23.0 Å². The molecule has 0 saturated carbocycles. The monoisotopic (exact) mass is 348 g/mol. The van der Waals surface area contributed by atoms with Gasteiger partial charge in [0, 0.05) is 18.3 Å². The number of alkyl halides is 2. The molecule has 1 amide bonds. The molecule has 0 radical (unpaired) electrons. The summed E-state index contributed by atoms with van der Waals surface area (Å²) in [5, 5.41) is 10.2. The Labute approximate surface area is 141 Å². The van der Waals surface area contributed by atoms with Gasteiger partial charge in [0.05, 0.1) is 24.4 Å². The molecule has 0 unspecified atom stereocenters. The minimum atomic E-state index is -2.96. The number of carbonyl (C=O) groups excluding carboxylic acids is 1. The lowest BCUT2D eigenvalue weighted by atomic mass is 10.1. The van der Waals surface area contributed by atoms with Crippen molar-refractivity contribution in [1.29, 1.82) is 0 Å². The Morgan fingerprint density at radius 2 is 2.16 bits per heavy atom. The van der Waals surface area contributed by atoms with Crippen LogP contribution >= 0.6 is 0 Å². The van der Waals surface area contributed by atoms with E-state index in [0.717, 1.165) is 5.52 Å². The molecule has 25 heavy (non-hydrogen) atoms. The van der Waals surface area contributed by atoms with Crippen LogP contribution in [0, 0.1) is 0 Å². The van der Waals surface area contributed by atoms with Crippen molar-refractivity contribution in [2.24, 2.45) is 0 Å². The smallest absolute Gasteiger partial charge is 0.387 e. The van der Waals surface area contributed by atoms with Gasteiger partial charge in [-0.05, 0) is 30.3 Å². The minimum Gasteiger partial charge on any atom is -0.497 e. The number of amides is 1. The molecule has 1 N–H and O–H groups in total. The first-order chi connectivity index (χ1) is 12.1. The Morgan fingerprint density at radius 1 is 1.32 bits per heavy atom. The van der Waals surface area contributed by atoms with Gasteiger partial charge >= 0.3 is 6.61 Å². The van der Waals surface area contributed by atoms with E-state index in [1.54, 1.807) is 18.3 Å². The van der Waals surface area contributed by atoms with Crippen molar-refractivity contribution in [3.63, 3.8) is 0 Å². The average Bonchev–Trinajstić information content (AvgIpc) is 3.07. The summed E-state index contributed by atoms with van der Waals surface area (Å²) in [7, 11) is 1.46. The van der Waals surface area contributed by atoms with Gasteiger partial charge in [-0.25, -0.2) is 4.52 Å². The Morgan fingerprint density at radius 3 is 2.92 bits per heavy atom. The lowest BCUT2D eigenvalue weighted by Gasteiger charge is -2.13. The van der Waals surface area contributed by atoms with E-state index in [1.807, 2.05) is 0 Å². The molecule has 2 aromatic heterocycles. The van der Waals surface area contributed by atoms with Crippen LogP contribution in [0.1, 0.15) is 15.9 Å². The number of hydrogen-bond donors (Lipinski definition) is 1. The topological polar surface area (TPSA) is 77.8 Å². The third-order valence-corrected chi connectivity index (χ3v) is 3.48. The summed E-state index contributed by atoms with van der Waals surface area (Å²) in [5.41, 5.74) is 1.48. The Balaban J connectivity index is 1.76. The van der Waals surface area contributed by atoms with Gasteiger partial charge in [-0.15, -0.1) is 5.10 Å². The number of rotatable bonds is 6. The summed E-state index contributed by atoms with van der Waals surface area (Å²) in [6, 6.07) is 7.72. The average molecular weight is 348 g/mol. The van der Waals surface area contributed by atoms with Crippen molar-refractivity contribution in [1.82, 2.24) is 20.1 Å². The fraction of sp³-hybridized carbons (Fsp3) is 0.188. The van der Waals surface area contributed by atoms with Gasteiger partial charge in [0.2, 0.25) is 0 Å². The van der Waals surface area contributed by atoms with Crippen molar-refractivity contribution in [2.45, 2.75) is 13.2 Å². The molecule has 0 saturated heterocycles. The van der Waals surface area contributed by atoms with Crippen LogP contribution in [0.25, 0.3) is 5.52 Å². The number of hydrogen-bond acceptors (Lipinski definition) is 5. The number of ether oxygens (including phenoxy) is 2. The van der Waals surface area contributed by atoms with Crippen LogP contribution in [0.3, 0.4) is 0 Å². The number of carbonyl (C=O) groups is 1. The first kappa shape index (κ1) is 16.6. The maximum atomic E-state index is 12.5. The molecule has 0 atom stereocenters. The standard InChI is InChI=1S/C16H14F2N4O3/c1-24-13-4-5-14(25-16(17)18)11(6-13)7-19-15(23)10-2-3-12-8-20-21-22(12)9-10/h2-6,8-9,16H,7H2,1H3,(H,19,23). The highest BCUT2D eigenvalue weighted by atomic mass is 19.3. The second-order valence-electron chi connectivity index (χ2n) is 5.06. The zero-order valence-corrected chi connectivity index (χ0v) is 13.1. The van der Waals surface area contributed by atoms with Gasteiger partial charge in [0.15, 0.2) is 0 Å². The van der Waals surface area contributed by atoms with Crippen LogP contribution in [-0.4, -0.2) is 34.5 Å². The molecular formula is C16H14F2N4O3. The molecule has 9 heteroatoms. The number of aromatic nitrogens is 3. The SMILES string of the molecule is COc1ccc(OC(F)F)c(CNC(=O)c2ccc3cnnn3c2)c1. The van der Waals surface area contributed by atoms with Crippen LogP contribution in [-0.2, 0) is 6.54 Å². The summed E-state index contributed by atoms with van der Waals surface area (Å²) in [4.78, 5) is 12.3. The molecule has 0 aliphatic rings. The molecular weight excluding hydrogens is 334 g/mol. The number of pyridine rings is 1. The molecule has 0 bridgehead atoms. The Bertz CT molecular complexity index is 898. The van der Waals surface area contributed by atoms with Crippen molar-refractivity contribution in [2.75, 3.05) is 7.11 Å². The van der Waals surface area contributed by atoms with Gasteiger partial charge in [0.25, 0.3) is 5.91 Å². The third kappa shape index (κ3) is 3.82. The van der Waals surface area contributed by atoms with E-state index in [1.165, 1.54) is 36.0 Å². The number of benzene rings is 1. The molecule has 0 fully saturated rings. The van der Waals surface area contributed by atoms with E-state index < -0.39 is 6.61 Å². The Kier molecular flexibility index (Phi) is 4.73. The van der Waals surface area contributed by atoms with E-state index in [0.29, 0.717) is 16.9 Å². The van der Waals surface area contributed by atoms with Crippen LogP contribution < -0.4 is 14.8 Å². The fourth-order valence-electron chi connectivity index (χ4n) is 2.26. The quantitative estimate of drug-likeness (QED) is 0.739. The largest absolute Gasteiger partial charge is 0.497 e. The summed E-state index contributed by atoms with van der Waals surface area (Å²) in [6.07, 6.45) is 3.09. The van der Waals surface area contributed by atoms with E-state index in [-0.39, 0.29) is 18.2 Å². The number of nitrogens with one attached hydrogen (secondary N) is 1. The predicted molar refractivity (Wildman–Crippen MR) is 83.8 cm³/mol. The number of nitrogens with zero attached hydrogens (tertiary/aromatic N) is 3. The number of methoxy groups -OCH3 is 1. The van der Waals surface area contributed by atoms with Gasteiger partial charge in [0.1, 0.15) is 11.5 Å². The van der Waals surface area contributed by atoms with E-state index >= 15 is 0 Å². The second-order valence-corrected chi connectivity index (χ2v) is 5.06. The van der Waals surface area contributed by atoms with Gasteiger partial charge in [-0.1, -0.05) is 5.21 Å². The minimum absolute atomic E-state index is 0.00647. The van der Waals surface area contributed by atoms with Crippen LogP contribution in [0.5, 0.6) is 11.5 Å². The highest BCUT2D eigenvalue weighted by Gasteiger charge is 2.13. The predicted octanol–water partition coefficient (Wildman–Crippen LogP) is 2.27. The van der Waals surface area contributed by atoms with Crippen LogP contribution in [0.15, 0.2) is 42.7 Å². The first-order valence-corrected chi connectivity index (χ1v) is 7.27. The van der Waals surface area contributed by atoms with Crippen molar-refractivity contribution in [3.8, 4) is 11.5 Å². The lowest BCUT2D eigenvalue weighted by Crippen LogP contribution is -2.23. The number of halogens is 2. The normalized spacial score (nSPS) is 10.9. The maximum Gasteiger partial charge on any atom is 0.387 e. The van der Waals surface area contributed by atoms with E-state index in [2.05, 4.69) is 20.4 Å². The highest BCUT2D eigenvalue weighted by Crippen LogP contribution is 2.25. The van der Waals surface area contributed by atoms with Gasteiger partial charge in [-0.2, -0.15) is 8.78 Å². The Hall–Kier alpha value is -3.23. The van der Waals surface area contributed by atoms with Crippen molar-refractivity contribution in [3.05, 3.63) is 53.9 Å².